The van der Waals surface area contributed by atoms with E-state index in [2.05, 4.69) is 26.8 Å². The van der Waals surface area contributed by atoms with Gasteiger partial charge in [0.2, 0.25) is 0 Å². The second kappa shape index (κ2) is 11.4. The molecule has 0 radical (unpaired) electrons. The molecule has 0 unspecified atom stereocenters. The number of aromatic carboxylic acids is 1. The van der Waals surface area contributed by atoms with Crippen molar-refractivity contribution in [1.29, 1.82) is 0 Å². The predicted octanol–water partition coefficient (Wildman–Crippen LogP) is 4.18. The molecule has 0 spiro atoms. The Morgan fingerprint density at radius 1 is 0.950 bits per heavy atom. The first-order chi connectivity index (χ1) is 19.5. The first kappa shape index (κ1) is 26.5. The molecule has 10 heteroatoms. The molecule has 6 rings (SSSR count). The van der Waals surface area contributed by atoms with Crippen molar-refractivity contribution in [3.63, 3.8) is 0 Å². The smallest absolute Gasteiger partial charge is 0.341 e. The Balaban J connectivity index is 1.33. The van der Waals surface area contributed by atoms with Crippen LogP contribution in [0.25, 0.3) is 27.2 Å². The molecule has 0 bridgehead atoms. The lowest BCUT2D eigenvalue weighted by molar-refractivity contribution is 0.0695. The molecule has 1 N–H and O–H groups in total. The topological polar surface area (TPSA) is 91.1 Å². The predicted molar refractivity (Wildman–Crippen MR) is 160 cm³/mol. The van der Waals surface area contributed by atoms with E-state index in [9.17, 15) is 14.7 Å². The van der Waals surface area contributed by atoms with Gasteiger partial charge in [0.25, 0.3) is 0 Å². The van der Waals surface area contributed by atoms with Crippen LogP contribution in [0.1, 0.15) is 23.2 Å². The van der Waals surface area contributed by atoms with E-state index < -0.39 is 11.4 Å². The zero-order chi connectivity index (χ0) is 27.6. The van der Waals surface area contributed by atoms with Crippen LogP contribution >= 0.6 is 11.3 Å². The van der Waals surface area contributed by atoms with Crippen LogP contribution in [0.3, 0.4) is 0 Å². The molecule has 0 amide bonds. The largest absolute Gasteiger partial charge is 0.477 e. The highest BCUT2D eigenvalue weighted by atomic mass is 32.1. The summed E-state index contributed by atoms with van der Waals surface area (Å²) in [5.74, 6) is -1.24. The number of piperazine rings is 1. The number of carboxylic acid groups (broad SMARTS) is 1. The Hall–Kier alpha value is -3.73. The highest BCUT2D eigenvalue weighted by molar-refractivity contribution is 7.22. The van der Waals surface area contributed by atoms with Crippen LogP contribution < -0.4 is 15.2 Å². The number of fused-ring (bicyclic) bond motifs is 1. The number of hydrogen-bond acceptors (Lipinski definition) is 8. The fourth-order valence-corrected chi connectivity index (χ4v) is 6.57. The van der Waals surface area contributed by atoms with Crippen LogP contribution in [0.15, 0.2) is 59.5 Å². The number of ether oxygens (including phenoxy) is 1. The fourth-order valence-electron chi connectivity index (χ4n) is 5.52. The SMILES string of the molecule is COCCN1CCN(c2nc3ccc(-n4cc(C(=O)O)c(=O)cc4-c4ccc(N5CCCC5)cc4)cc3s2)CC1. The third kappa shape index (κ3) is 5.34. The number of pyridine rings is 1. The zero-order valence-corrected chi connectivity index (χ0v) is 23.4. The zero-order valence-electron chi connectivity index (χ0n) is 22.6. The number of carbonyl (C=O) groups is 1. The van der Waals surface area contributed by atoms with Crippen molar-refractivity contribution in [2.24, 2.45) is 0 Å². The van der Waals surface area contributed by atoms with Gasteiger partial charge in [-0.15, -0.1) is 0 Å². The number of anilines is 2. The van der Waals surface area contributed by atoms with Crippen molar-refractivity contribution in [2.75, 3.05) is 69.3 Å². The summed E-state index contributed by atoms with van der Waals surface area (Å²) in [5.41, 5.74) is 3.60. The standard InChI is InChI=1S/C30H33N5O4S/c1-39-17-16-32-12-14-34(15-13-32)30-31-25-9-8-23(18-28(25)40-30)35-20-24(29(37)38)27(36)19-26(35)21-4-6-22(7-5-21)33-10-2-3-11-33/h4-9,18-20H,2-3,10-17H2,1H3,(H,37,38). The van der Waals surface area contributed by atoms with Gasteiger partial charge in [0, 0.05) is 76.6 Å². The minimum atomic E-state index is -1.24. The van der Waals surface area contributed by atoms with E-state index in [0.717, 1.165) is 84.7 Å². The third-order valence-corrected chi connectivity index (χ3v) is 8.89. The summed E-state index contributed by atoms with van der Waals surface area (Å²) in [7, 11) is 1.73. The van der Waals surface area contributed by atoms with Gasteiger partial charge in [-0.3, -0.25) is 9.69 Å². The van der Waals surface area contributed by atoms with E-state index in [1.807, 2.05) is 34.9 Å². The molecule has 2 fully saturated rings. The van der Waals surface area contributed by atoms with Gasteiger partial charge in [-0.25, -0.2) is 9.78 Å². The van der Waals surface area contributed by atoms with Crippen molar-refractivity contribution in [3.05, 3.63) is 70.5 Å². The summed E-state index contributed by atoms with van der Waals surface area (Å²) in [4.78, 5) is 36.6. The highest BCUT2D eigenvalue weighted by Crippen LogP contribution is 2.33. The van der Waals surface area contributed by atoms with Crippen molar-refractivity contribution < 1.29 is 14.6 Å². The monoisotopic (exact) mass is 559 g/mol. The van der Waals surface area contributed by atoms with Crippen molar-refractivity contribution >= 4 is 38.3 Å². The molecule has 2 aromatic carbocycles. The molecule has 2 aromatic heterocycles. The lowest BCUT2D eigenvalue weighted by atomic mass is 10.1. The number of hydrogen-bond donors (Lipinski definition) is 1. The lowest BCUT2D eigenvalue weighted by Gasteiger charge is -2.34. The molecule has 208 valence electrons. The molecule has 2 aliphatic heterocycles. The Labute approximate surface area is 236 Å². The molecular formula is C30H33N5O4S. The number of aromatic nitrogens is 2. The van der Waals surface area contributed by atoms with Gasteiger partial charge in [0.05, 0.1) is 22.5 Å². The fraction of sp³-hybridized carbons (Fsp3) is 0.367. The molecule has 0 aliphatic carbocycles. The van der Waals surface area contributed by atoms with E-state index in [0.29, 0.717) is 5.69 Å². The van der Waals surface area contributed by atoms with Crippen molar-refractivity contribution in [2.45, 2.75) is 12.8 Å². The van der Waals surface area contributed by atoms with E-state index in [4.69, 9.17) is 9.72 Å². The average Bonchev–Trinajstić information content (AvgIpc) is 3.66. The number of thiazole rings is 1. The van der Waals surface area contributed by atoms with Crippen LogP contribution in [-0.2, 0) is 4.74 Å². The summed E-state index contributed by atoms with van der Waals surface area (Å²) < 4.78 is 8.04. The quantitative estimate of drug-likeness (QED) is 0.344. The van der Waals surface area contributed by atoms with E-state index in [1.165, 1.54) is 25.1 Å². The lowest BCUT2D eigenvalue weighted by Crippen LogP contribution is -2.47. The summed E-state index contributed by atoms with van der Waals surface area (Å²) in [6.07, 6.45) is 3.84. The maximum Gasteiger partial charge on any atom is 0.341 e. The third-order valence-electron chi connectivity index (χ3n) is 7.81. The van der Waals surface area contributed by atoms with E-state index in [-0.39, 0.29) is 5.56 Å². The van der Waals surface area contributed by atoms with Gasteiger partial charge in [-0.05, 0) is 48.7 Å². The van der Waals surface area contributed by atoms with Gasteiger partial charge in [0.15, 0.2) is 10.6 Å². The van der Waals surface area contributed by atoms with Crippen molar-refractivity contribution in [1.82, 2.24) is 14.5 Å². The second-order valence-corrected chi connectivity index (χ2v) is 11.3. The maximum atomic E-state index is 12.8. The average molecular weight is 560 g/mol. The van der Waals surface area contributed by atoms with E-state index in [1.54, 1.807) is 18.4 Å². The Bertz CT molecular complexity index is 1570. The summed E-state index contributed by atoms with van der Waals surface area (Å²) in [6.45, 7) is 7.55. The minimum Gasteiger partial charge on any atom is -0.477 e. The van der Waals surface area contributed by atoms with Crippen LogP contribution in [0.4, 0.5) is 10.8 Å². The van der Waals surface area contributed by atoms with Crippen LogP contribution in [0.5, 0.6) is 0 Å². The van der Waals surface area contributed by atoms with Crippen LogP contribution in [-0.4, -0.2) is 85.1 Å². The first-order valence-electron chi connectivity index (χ1n) is 13.7. The van der Waals surface area contributed by atoms with Crippen molar-refractivity contribution in [3.8, 4) is 16.9 Å². The molecule has 40 heavy (non-hydrogen) atoms. The summed E-state index contributed by atoms with van der Waals surface area (Å²) >= 11 is 1.64. The minimum absolute atomic E-state index is 0.256. The summed E-state index contributed by atoms with van der Waals surface area (Å²) in [6, 6.07) is 15.5. The van der Waals surface area contributed by atoms with Gasteiger partial charge >= 0.3 is 5.97 Å². The molecule has 2 saturated heterocycles. The Kier molecular flexibility index (Phi) is 7.55. The van der Waals surface area contributed by atoms with Gasteiger partial charge in [-0.1, -0.05) is 23.5 Å². The first-order valence-corrected chi connectivity index (χ1v) is 14.5. The molecule has 2 aliphatic rings. The molecule has 0 saturated carbocycles. The Morgan fingerprint density at radius 3 is 2.38 bits per heavy atom. The van der Waals surface area contributed by atoms with Gasteiger partial charge in [-0.2, -0.15) is 0 Å². The Morgan fingerprint density at radius 2 is 1.68 bits per heavy atom. The van der Waals surface area contributed by atoms with Gasteiger partial charge < -0.3 is 24.2 Å². The number of methoxy groups -OCH3 is 1. The molecule has 4 heterocycles. The molecular weight excluding hydrogens is 526 g/mol. The normalized spacial score (nSPS) is 16.2. The maximum absolute atomic E-state index is 12.8. The van der Waals surface area contributed by atoms with Crippen LogP contribution in [0.2, 0.25) is 0 Å². The molecule has 0 atom stereocenters. The van der Waals surface area contributed by atoms with Gasteiger partial charge in [0.1, 0.15) is 5.56 Å². The van der Waals surface area contributed by atoms with Crippen LogP contribution in [0, 0.1) is 0 Å². The number of carboxylic acids is 1. The number of nitrogens with zero attached hydrogens (tertiary/aromatic N) is 5. The van der Waals surface area contributed by atoms with E-state index >= 15 is 0 Å². The number of benzene rings is 2. The highest BCUT2D eigenvalue weighted by Gasteiger charge is 2.21. The second-order valence-electron chi connectivity index (χ2n) is 10.3. The molecule has 9 nitrogen and oxygen atoms in total. The summed E-state index contributed by atoms with van der Waals surface area (Å²) in [5, 5.41) is 10.7. The number of rotatable bonds is 8. The molecule has 4 aromatic rings.